The van der Waals surface area contributed by atoms with E-state index in [1.54, 1.807) is 11.3 Å². The van der Waals surface area contributed by atoms with Crippen LogP contribution in [0.2, 0.25) is 0 Å². The van der Waals surface area contributed by atoms with Crippen molar-refractivity contribution < 1.29 is 9.59 Å². The molecule has 2 amide bonds. The fourth-order valence-electron chi connectivity index (χ4n) is 2.85. The molecule has 0 saturated carbocycles. The third kappa shape index (κ3) is 3.08. The van der Waals surface area contributed by atoms with Crippen molar-refractivity contribution in [3.05, 3.63) is 38.4 Å². The van der Waals surface area contributed by atoms with Gasteiger partial charge in [-0.15, -0.1) is 11.3 Å². The molecule has 1 atom stereocenters. The molecule has 2 heterocycles. The highest BCUT2D eigenvalue weighted by Gasteiger charge is 2.27. The van der Waals surface area contributed by atoms with Crippen molar-refractivity contribution in [3.8, 4) is 0 Å². The van der Waals surface area contributed by atoms with Gasteiger partial charge in [-0.2, -0.15) is 11.3 Å². The zero-order valence-electron chi connectivity index (χ0n) is 12.3. The first-order chi connectivity index (χ1) is 10.5. The lowest BCUT2D eigenvalue weighted by Gasteiger charge is -2.18. The number of thiophene rings is 2. The van der Waals surface area contributed by atoms with Gasteiger partial charge >= 0.3 is 0 Å². The average Bonchev–Trinajstić information content (AvgIpc) is 3.04. The molecule has 6 heteroatoms. The van der Waals surface area contributed by atoms with Gasteiger partial charge in [-0.25, -0.2) is 0 Å². The maximum Gasteiger partial charge on any atom is 0.251 e. The van der Waals surface area contributed by atoms with E-state index in [2.05, 4.69) is 12.2 Å². The van der Waals surface area contributed by atoms with Crippen LogP contribution in [-0.4, -0.2) is 11.8 Å². The minimum atomic E-state index is -0.446. The quantitative estimate of drug-likeness (QED) is 0.901. The van der Waals surface area contributed by atoms with Crippen LogP contribution < -0.4 is 11.1 Å². The van der Waals surface area contributed by atoms with Crippen molar-refractivity contribution in [3.63, 3.8) is 0 Å². The highest BCUT2D eigenvalue weighted by Crippen LogP contribution is 2.39. The van der Waals surface area contributed by atoms with Crippen LogP contribution in [0.1, 0.15) is 39.7 Å². The minimum Gasteiger partial charge on any atom is -0.365 e. The molecule has 22 heavy (non-hydrogen) atoms. The number of rotatable bonds is 4. The van der Waals surface area contributed by atoms with Crippen molar-refractivity contribution in [2.45, 2.75) is 32.6 Å². The SMILES string of the molecule is C[C@H]1CCc2c(sc(NC(=O)Cc3ccsc3)c2C(N)=O)C1. The van der Waals surface area contributed by atoms with Gasteiger partial charge in [0.25, 0.3) is 5.91 Å². The average molecular weight is 334 g/mol. The summed E-state index contributed by atoms with van der Waals surface area (Å²) in [6.45, 7) is 2.21. The van der Waals surface area contributed by atoms with Crippen molar-refractivity contribution in [1.29, 1.82) is 0 Å². The van der Waals surface area contributed by atoms with Gasteiger partial charge in [0, 0.05) is 4.88 Å². The predicted molar refractivity (Wildman–Crippen MR) is 90.7 cm³/mol. The first kappa shape index (κ1) is 15.2. The van der Waals surface area contributed by atoms with E-state index in [4.69, 9.17) is 5.73 Å². The van der Waals surface area contributed by atoms with Crippen LogP contribution in [0.25, 0.3) is 0 Å². The van der Waals surface area contributed by atoms with Gasteiger partial charge in [0.2, 0.25) is 5.91 Å². The van der Waals surface area contributed by atoms with E-state index in [9.17, 15) is 9.59 Å². The Morgan fingerprint density at radius 2 is 2.27 bits per heavy atom. The summed E-state index contributed by atoms with van der Waals surface area (Å²) in [6.07, 6.45) is 3.21. The number of hydrogen-bond donors (Lipinski definition) is 2. The Labute approximate surface area is 137 Å². The van der Waals surface area contributed by atoms with Crippen molar-refractivity contribution in [1.82, 2.24) is 0 Å². The normalized spacial score (nSPS) is 17.0. The number of hydrogen-bond acceptors (Lipinski definition) is 4. The summed E-state index contributed by atoms with van der Waals surface area (Å²) in [6, 6.07) is 1.93. The molecule has 116 valence electrons. The Morgan fingerprint density at radius 1 is 1.45 bits per heavy atom. The first-order valence-electron chi connectivity index (χ1n) is 7.30. The molecule has 3 N–H and O–H groups in total. The largest absolute Gasteiger partial charge is 0.365 e. The fraction of sp³-hybridized carbons (Fsp3) is 0.375. The zero-order chi connectivity index (χ0) is 15.7. The highest BCUT2D eigenvalue weighted by molar-refractivity contribution is 7.17. The van der Waals surface area contributed by atoms with Gasteiger partial charge in [0.1, 0.15) is 5.00 Å². The molecule has 0 spiro atoms. The Hall–Kier alpha value is -1.66. The Balaban J connectivity index is 1.84. The maximum atomic E-state index is 12.2. The maximum absolute atomic E-state index is 12.2. The van der Waals surface area contributed by atoms with Crippen LogP contribution in [0.3, 0.4) is 0 Å². The molecule has 0 radical (unpaired) electrons. The lowest BCUT2D eigenvalue weighted by atomic mass is 9.88. The summed E-state index contributed by atoms with van der Waals surface area (Å²) in [7, 11) is 0. The summed E-state index contributed by atoms with van der Waals surface area (Å²) in [5.41, 5.74) is 8.09. The molecular weight excluding hydrogens is 316 g/mol. The summed E-state index contributed by atoms with van der Waals surface area (Å²) < 4.78 is 0. The van der Waals surface area contributed by atoms with E-state index in [0.717, 1.165) is 30.4 Å². The van der Waals surface area contributed by atoms with E-state index in [1.807, 2.05) is 16.8 Å². The van der Waals surface area contributed by atoms with Crippen LogP contribution >= 0.6 is 22.7 Å². The summed E-state index contributed by atoms with van der Waals surface area (Å²) >= 11 is 3.07. The molecule has 0 unspecified atom stereocenters. The summed E-state index contributed by atoms with van der Waals surface area (Å²) in [4.78, 5) is 25.2. The number of carbonyl (C=O) groups excluding carboxylic acids is 2. The number of nitrogens with one attached hydrogen (secondary N) is 1. The standard InChI is InChI=1S/C16H18N2O2S2/c1-9-2-3-11-12(6-9)22-16(14(11)15(17)20)18-13(19)7-10-4-5-21-8-10/h4-5,8-9H,2-3,6-7H2,1H3,(H2,17,20)(H,18,19)/t9-/m0/s1. The number of carbonyl (C=O) groups is 2. The van der Waals surface area contributed by atoms with Crippen LogP contribution in [0.4, 0.5) is 5.00 Å². The minimum absolute atomic E-state index is 0.104. The third-order valence-corrected chi connectivity index (χ3v) is 5.86. The molecule has 3 rings (SSSR count). The smallest absolute Gasteiger partial charge is 0.251 e. The Kier molecular flexibility index (Phi) is 4.31. The number of fused-ring (bicyclic) bond motifs is 1. The predicted octanol–water partition coefficient (Wildman–Crippen LogP) is 3.21. The molecule has 0 aromatic carbocycles. The molecule has 2 aromatic rings. The van der Waals surface area contributed by atoms with E-state index in [1.165, 1.54) is 16.2 Å². The molecule has 0 bridgehead atoms. The molecule has 0 fully saturated rings. The number of primary amides is 1. The van der Waals surface area contributed by atoms with Gasteiger partial charge in [-0.05, 0) is 53.1 Å². The van der Waals surface area contributed by atoms with Gasteiger partial charge < -0.3 is 11.1 Å². The molecular formula is C16H18N2O2S2. The summed E-state index contributed by atoms with van der Waals surface area (Å²) in [5.74, 6) is 0.0617. The molecule has 1 aliphatic rings. The van der Waals surface area contributed by atoms with Crippen molar-refractivity contribution in [2.24, 2.45) is 11.7 Å². The van der Waals surface area contributed by atoms with Gasteiger partial charge in [-0.1, -0.05) is 6.92 Å². The van der Waals surface area contributed by atoms with Crippen LogP contribution in [0.5, 0.6) is 0 Å². The fourth-order valence-corrected chi connectivity index (χ4v) is 4.95. The first-order valence-corrected chi connectivity index (χ1v) is 9.05. The van der Waals surface area contributed by atoms with Crippen molar-refractivity contribution >= 4 is 39.5 Å². The molecule has 2 aromatic heterocycles. The highest BCUT2D eigenvalue weighted by atomic mass is 32.1. The topological polar surface area (TPSA) is 72.2 Å². The zero-order valence-corrected chi connectivity index (χ0v) is 14.0. The Bertz CT molecular complexity index is 704. The number of nitrogens with two attached hydrogens (primary N) is 1. The molecule has 1 aliphatic carbocycles. The lowest BCUT2D eigenvalue weighted by Crippen LogP contribution is -2.20. The second-order valence-electron chi connectivity index (χ2n) is 5.78. The van der Waals surface area contributed by atoms with Gasteiger partial charge in [0.05, 0.1) is 12.0 Å². The monoisotopic (exact) mass is 334 g/mol. The molecule has 0 aliphatic heterocycles. The van der Waals surface area contributed by atoms with Gasteiger partial charge in [-0.3, -0.25) is 9.59 Å². The van der Waals surface area contributed by atoms with Gasteiger partial charge in [0.15, 0.2) is 0 Å². The second kappa shape index (κ2) is 6.22. The van der Waals surface area contributed by atoms with Crippen LogP contribution in [0.15, 0.2) is 16.8 Å². The van der Waals surface area contributed by atoms with Crippen molar-refractivity contribution in [2.75, 3.05) is 5.32 Å². The molecule has 4 nitrogen and oxygen atoms in total. The number of anilines is 1. The lowest BCUT2D eigenvalue weighted by molar-refractivity contribution is -0.115. The molecule has 0 saturated heterocycles. The van der Waals surface area contributed by atoms with Crippen LogP contribution in [-0.2, 0) is 24.1 Å². The van der Waals surface area contributed by atoms with E-state index in [-0.39, 0.29) is 5.91 Å². The second-order valence-corrected chi connectivity index (χ2v) is 7.66. The number of amides is 2. The van der Waals surface area contributed by atoms with Crippen LogP contribution in [0, 0.1) is 5.92 Å². The van der Waals surface area contributed by atoms with E-state index in [0.29, 0.717) is 22.9 Å². The Morgan fingerprint density at radius 3 is 2.95 bits per heavy atom. The summed E-state index contributed by atoms with van der Waals surface area (Å²) in [5, 5.41) is 7.40. The van der Waals surface area contributed by atoms with E-state index < -0.39 is 5.91 Å². The van der Waals surface area contributed by atoms with E-state index >= 15 is 0 Å². The third-order valence-electron chi connectivity index (χ3n) is 3.96.